The third-order valence-corrected chi connectivity index (χ3v) is 4.30. The molecule has 0 saturated heterocycles. The standard InChI is InChI=1S/C19H16F3NO2/c1-10-3-4-11(2)17-16(10)14(9-15(24)25)18(23-17)12-5-7-13(8-6-12)19(20,21)22/h3-8,23H,9H2,1-2H3,(H,24,25). The number of carboxylic acids is 1. The van der Waals surface area contributed by atoms with Gasteiger partial charge < -0.3 is 10.1 Å². The zero-order valence-electron chi connectivity index (χ0n) is 13.7. The smallest absolute Gasteiger partial charge is 0.416 e. The summed E-state index contributed by atoms with van der Waals surface area (Å²) in [5.41, 5.74) is 3.61. The Morgan fingerprint density at radius 2 is 1.64 bits per heavy atom. The first-order chi connectivity index (χ1) is 11.7. The van der Waals surface area contributed by atoms with Gasteiger partial charge in [0.15, 0.2) is 0 Å². The molecule has 25 heavy (non-hydrogen) atoms. The third kappa shape index (κ3) is 3.12. The third-order valence-electron chi connectivity index (χ3n) is 4.30. The van der Waals surface area contributed by atoms with E-state index in [1.54, 1.807) is 0 Å². The van der Waals surface area contributed by atoms with Gasteiger partial charge in [0.05, 0.1) is 17.7 Å². The van der Waals surface area contributed by atoms with Crippen molar-refractivity contribution in [2.75, 3.05) is 0 Å². The molecule has 0 radical (unpaired) electrons. The van der Waals surface area contributed by atoms with E-state index < -0.39 is 17.7 Å². The molecule has 0 aliphatic rings. The van der Waals surface area contributed by atoms with Crippen LogP contribution in [0.25, 0.3) is 22.2 Å². The monoisotopic (exact) mass is 347 g/mol. The predicted molar refractivity (Wildman–Crippen MR) is 89.6 cm³/mol. The van der Waals surface area contributed by atoms with E-state index in [9.17, 15) is 23.1 Å². The van der Waals surface area contributed by atoms with Crippen LogP contribution in [0.4, 0.5) is 13.2 Å². The average molecular weight is 347 g/mol. The second-order valence-electron chi connectivity index (χ2n) is 6.07. The Balaban J connectivity index is 2.23. The van der Waals surface area contributed by atoms with Crippen molar-refractivity contribution in [2.24, 2.45) is 0 Å². The number of carbonyl (C=O) groups is 1. The number of benzene rings is 2. The quantitative estimate of drug-likeness (QED) is 0.693. The second kappa shape index (κ2) is 5.95. The van der Waals surface area contributed by atoms with E-state index >= 15 is 0 Å². The van der Waals surface area contributed by atoms with Gasteiger partial charge in [0.25, 0.3) is 0 Å². The summed E-state index contributed by atoms with van der Waals surface area (Å²) < 4.78 is 38.3. The molecule has 3 aromatic rings. The zero-order chi connectivity index (χ0) is 18.4. The van der Waals surface area contributed by atoms with Crippen molar-refractivity contribution >= 4 is 16.9 Å². The Morgan fingerprint density at radius 3 is 2.20 bits per heavy atom. The summed E-state index contributed by atoms with van der Waals surface area (Å²) in [4.78, 5) is 14.5. The van der Waals surface area contributed by atoms with Gasteiger partial charge in [-0.25, -0.2) is 0 Å². The van der Waals surface area contributed by atoms with Crippen molar-refractivity contribution in [3.63, 3.8) is 0 Å². The van der Waals surface area contributed by atoms with Crippen molar-refractivity contribution in [1.29, 1.82) is 0 Å². The molecule has 130 valence electrons. The summed E-state index contributed by atoms with van der Waals surface area (Å²) in [6, 6.07) is 8.58. The number of aliphatic carboxylic acids is 1. The highest BCUT2D eigenvalue weighted by molar-refractivity contribution is 5.97. The van der Waals surface area contributed by atoms with Gasteiger partial charge in [-0.3, -0.25) is 4.79 Å². The SMILES string of the molecule is Cc1ccc(C)c2c(CC(=O)O)c(-c3ccc(C(F)(F)F)cc3)[nH]c12. The highest BCUT2D eigenvalue weighted by Gasteiger charge is 2.30. The molecule has 0 fully saturated rings. The number of nitrogens with one attached hydrogen (secondary N) is 1. The lowest BCUT2D eigenvalue weighted by Gasteiger charge is -2.08. The second-order valence-corrected chi connectivity index (χ2v) is 6.07. The minimum atomic E-state index is -4.41. The summed E-state index contributed by atoms with van der Waals surface area (Å²) in [5, 5.41) is 10.1. The minimum Gasteiger partial charge on any atom is -0.481 e. The summed E-state index contributed by atoms with van der Waals surface area (Å²) >= 11 is 0. The van der Waals surface area contributed by atoms with Crippen molar-refractivity contribution in [3.05, 3.63) is 58.7 Å². The normalized spacial score (nSPS) is 11.9. The predicted octanol–water partition coefficient (Wildman–Crippen LogP) is 5.10. The van der Waals surface area contributed by atoms with Crippen LogP contribution in [0.1, 0.15) is 22.3 Å². The van der Waals surface area contributed by atoms with E-state index in [0.717, 1.165) is 34.2 Å². The van der Waals surface area contributed by atoms with Gasteiger partial charge in [-0.15, -0.1) is 0 Å². The Kier molecular flexibility index (Phi) is 4.06. The summed E-state index contributed by atoms with van der Waals surface area (Å²) in [7, 11) is 0. The number of aryl methyl sites for hydroxylation is 2. The molecular weight excluding hydrogens is 331 g/mol. The fourth-order valence-electron chi connectivity index (χ4n) is 3.09. The summed E-state index contributed by atoms with van der Waals surface area (Å²) in [6.07, 6.45) is -4.61. The molecule has 0 saturated carbocycles. The molecule has 0 aliphatic carbocycles. The molecule has 0 unspecified atom stereocenters. The number of hydrogen-bond donors (Lipinski definition) is 2. The van der Waals surface area contributed by atoms with E-state index in [1.807, 2.05) is 26.0 Å². The first-order valence-electron chi connectivity index (χ1n) is 7.68. The molecule has 2 N–H and O–H groups in total. The maximum absolute atomic E-state index is 12.8. The van der Waals surface area contributed by atoms with Crippen LogP contribution in [-0.2, 0) is 17.4 Å². The number of rotatable bonds is 3. The number of hydrogen-bond acceptors (Lipinski definition) is 1. The van der Waals surface area contributed by atoms with Crippen LogP contribution in [0, 0.1) is 13.8 Å². The fraction of sp³-hybridized carbons (Fsp3) is 0.211. The Labute approximate surface area is 142 Å². The molecule has 1 heterocycles. The fourth-order valence-corrected chi connectivity index (χ4v) is 3.09. The van der Waals surface area contributed by atoms with Crippen LogP contribution in [-0.4, -0.2) is 16.1 Å². The van der Waals surface area contributed by atoms with Crippen molar-refractivity contribution in [1.82, 2.24) is 4.98 Å². The number of aromatic nitrogens is 1. The largest absolute Gasteiger partial charge is 0.481 e. The van der Waals surface area contributed by atoms with Crippen molar-refractivity contribution in [3.8, 4) is 11.3 Å². The van der Waals surface area contributed by atoms with Crippen LogP contribution >= 0.6 is 0 Å². The number of alkyl halides is 3. The molecule has 0 bridgehead atoms. The van der Waals surface area contributed by atoms with Crippen LogP contribution in [0.3, 0.4) is 0 Å². The van der Waals surface area contributed by atoms with Gasteiger partial charge in [0, 0.05) is 10.9 Å². The van der Waals surface area contributed by atoms with E-state index in [-0.39, 0.29) is 6.42 Å². The topological polar surface area (TPSA) is 53.1 Å². The molecular formula is C19H16F3NO2. The zero-order valence-corrected chi connectivity index (χ0v) is 13.7. The van der Waals surface area contributed by atoms with Crippen LogP contribution in [0.15, 0.2) is 36.4 Å². The molecule has 0 spiro atoms. The lowest BCUT2D eigenvalue weighted by Crippen LogP contribution is -2.04. The van der Waals surface area contributed by atoms with Crippen LogP contribution in [0.2, 0.25) is 0 Å². The Hall–Kier alpha value is -2.76. The van der Waals surface area contributed by atoms with E-state index in [4.69, 9.17) is 0 Å². The molecule has 2 aromatic carbocycles. The van der Waals surface area contributed by atoms with Crippen molar-refractivity contribution in [2.45, 2.75) is 26.4 Å². The van der Waals surface area contributed by atoms with Gasteiger partial charge >= 0.3 is 12.1 Å². The number of H-pyrrole nitrogens is 1. The lowest BCUT2D eigenvalue weighted by molar-refractivity contribution is -0.138. The van der Waals surface area contributed by atoms with Gasteiger partial charge in [-0.05, 0) is 48.2 Å². The van der Waals surface area contributed by atoms with E-state index in [1.165, 1.54) is 12.1 Å². The van der Waals surface area contributed by atoms with E-state index in [2.05, 4.69) is 4.98 Å². The highest BCUT2D eigenvalue weighted by atomic mass is 19.4. The van der Waals surface area contributed by atoms with Crippen LogP contribution < -0.4 is 0 Å². The Bertz CT molecular complexity index is 953. The lowest BCUT2D eigenvalue weighted by atomic mass is 9.98. The first kappa shape index (κ1) is 17.1. The van der Waals surface area contributed by atoms with Gasteiger partial charge in [0.2, 0.25) is 0 Å². The molecule has 1 aromatic heterocycles. The minimum absolute atomic E-state index is 0.208. The summed E-state index contributed by atoms with van der Waals surface area (Å²) in [6.45, 7) is 3.79. The molecule has 6 heteroatoms. The Morgan fingerprint density at radius 1 is 1.04 bits per heavy atom. The number of carboxylic acid groups (broad SMARTS) is 1. The van der Waals surface area contributed by atoms with Gasteiger partial charge in [-0.2, -0.15) is 13.2 Å². The van der Waals surface area contributed by atoms with E-state index in [0.29, 0.717) is 16.8 Å². The van der Waals surface area contributed by atoms with Gasteiger partial charge in [-0.1, -0.05) is 24.3 Å². The molecule has 0 amide bonds. The maximum Gasteiger partial charge on any atom is 0.416 e. The molecule has 0 aliphatic heterocycles. The molecule has 3 rings (SSSR count). The highest BCUT2D eigenvalue weighted by Crippen LogP contribution is 2.36. The average Bonchev–Trinajstić information content (AvgIpc) is 2.90. The van der Waals surface area contributed by atoms with Crippen LogP contribution in [0.5, 0.6) is 0 Å². The number of fused-ring (bicyclic) bond motifs is 1. The molecule has 0 atom stereocenters. The number of halogens is 3. The maximum atomic E-state index is 12.8. The first-order valence-corrected chi connectivity index (χ1v) is 7.68. The number of aromatic amines is 1. The summed E-state index contributed by atoms with van der Waals surface area (Å²) in [5.74, 6) is -0.991. The van der Waals surface area contributed by atoms with Crippen molar-refractivity contribution < 1.29 is 23.1 Å². The van der Waals surface area contributed by atoms with Gasteiger partial charge in [0.1, 0.15) is 0 Å². The molecule has 3 nitrogen and oxygen atoms in total.